The minimum Gasteiger partial charge on any atom is -0.465 e. The van der Waals surface area contributed by atoms with Crippen molar-refractivity contribution in [1.29, 1.82) is 0 Å². The average molecular weight is 188 g/mol. The SMILES string of the molecule is CCCCC(=O)OCC(C)(C)CO. The van der Waals surface area contributed by atoms with Crippen LogP contribution in [0.2, 0.25) is 0 Å². The van der Waals surface area contributed by atoms with Gasteiger partial charge in [-0.2, -0.15) is 0 Å². The lowest BCUT2D eigenvalue weighted by atomic mass is 9.97. The molecule has 1 N–H and O–H groups in total. The highest BCUT2D eigenvalue weighted by atomic mass is 16.5. The minimum atomic E-state index is -0.318. The molecule has 3 heteroatoms. The number of carbonyl (C=O) groups excluding carboxylic acids is 1. The highest BCUT2D eigenvalue weighted by Gasteiger charge is 2.18. The number of aliphatic hydroxyl groups excluding tert-OH is 1. The number of hydrogen-bond donors (Lipinski definition) is 1. The zero-order valence-corrected chi connectivity index (χ0v) is 8.80. The van der Waals surface area contributed by atoms with Gasteiger partial charge in [0.15, 0.2) is 0 Å². The van der Waals surface area contributed by atoms with E-state index in [0.29, 0.717) is 13.0 Å². The molecule has 0 radical (unpaired) electrons. The summed E-state index contributed by atoms with van der Waals surface area (Å²) < 4.78 is 5.00. The molecule has 0 bridgehead atoms. The summed E-state index contributed by atoms with van der Waals surface area (Å²) in [5.74, 6) is -0.164. The van der Waals surface area contributed by atoms with E-state index in [9.17, 15) is 4.79 Å². The summed E-state index contributed by atoms with van der Waals surface area (Å²) in [6, 6.07) is 0. The molecule has 0 saturated carbocycles. The summed E-state index contributed by atoms with van der Waals surface area (Å²) in [7, 11) is 0. The van der Waals surface area contributed by atoms with Crippen LogP contribution in [0.25, 0.3) is 0 Å². The van der Waals surface area contributed by atoms with Gasteiger partial charge in [-0.15, -0.1) is 0 Å². The zero-order chi connectivity index (χ0) is 10.3. The molecule has 0 aliphatic carbocycles. The first kappa shape index (κ1) is 12.4. The minimum absolute atomic E-state index is 0.0358. The van der Waals surface area contributed by atoms with Crippen LogP contribution in [0.15, 0.2) is 0 Å². The van der Waals surface area contributed by atoms with Crippen molar-refractivity contribution in [2.45, 2.75) is 40.0 Å². The first-order chi connectivity index (χ1) is 6.02. The van der Waals surface area contributed by atoms with E-state index in [1.807, 2.05) is 20.8 Å². The first-order valence-corrected chi connectivity index (χ1v) is 4.78. The Morgan fingerprint density at radius 1 is 1.46 bits per heavy atom. The average Bonchev–Trinajstić information content (AvgIpc) is 2.11. The molecule has 0 aliphatic rings. The number of rotatable bonds is 6. The quantitative estimate of drug-likeness (QED) is 0.646. The third kappa shape index (κ3) is 6.58. The predicted molar refractivity (Wildman–Crippen MR) is 51.4 cm³/mol. The van der Waals surface area contributed by atoms with Crippen molar-refractivity contribution in [3.8, 4) is 0 Å². The monoisotopic (exact) mass is 188 g/mol. The van der Waals surface area contributed by atoms with E-state index in [1.54, 1.807) is 0 Å². The van der Waals surface area contributed by atoms with Crippen LogP contribution in [-0.4, -0.2) is 24.3 Å². The summed E-state index contributed by atoms with van der Waals surface area (Å²) in [5, 5.41) is 8.89. The molecular weight excluding hydrogens is 168 g/mol. The fraction of sp³-hybridized carbons (Fsp3) is 0.900. The molecule has 0 aromatic rings. The van der Waals surface area contributed by atoms with Crippen molar-refractivity contribution in [1.82, 2.24) is 0 Å². The van der Waals surface area contributed by atoms with Gasteiger partial charge in [0, 0.05) is 11.8 Å². The molecule has 0 saturated heterocycles. The fourth-order valence-electron chi connectivity index (χ4n) is 0.715. The summed E-state index contributed by atoms with van der Waals surface area (Å²) in [4.78, 5) is 11.1. The Bertz CT molecular complexity index is 152. The number of ether oxygens (including phenoxy) is 1. The molecule has 0 amide bonds. The maximum atomic E-state index is 11.1. The van der Waals surface area contributed by atoms with Gasteiger partial charge in [-0.1, -0.05) is 27.2 Å². The van der Waals surface area contributed by atoms with Crippen LogP contribution in [0.4, 0.5) is 0 Å². The van der Waals surface area contributed by atoms with Crippen LogP contribution in [0, 0.1) is 5.41 Å². The topological polar surface area (TPSA) is 46.5 Å². The van der Waals surface area contributed by atoms with E-state index in [4.69, 9.17) is 9.84 Å². The van der Waals surface area contributed by atoms with Crippen molar-refractivity contribution in [2.24, 2.45) is 5.41 Å². The van der Waals surface area contributed by atoms with Crippen molar-refractivity contribution in [3.05, 3.63) is 0 Å². The molecule has 0 fully saturated rings. The predicted octanol–water partition coefficient (Wildman–Crippen LogP) is 1.74. The largest absolute Gasteiger partial charge is 0.465 e. The molecular formula is C10H20O3. The van der Waals surface area contributed by atoms with Crippen molar-refractivity contribution < 1.29 is 14.6 Å². The summed E-state index contributed by atoms with van der Waals surface area (Å²) in [5.41, 5.74) is -0.318. The lowest BCUT2D eigenvalue weighted by Crippen LogP contribution is -2.25. The van der Waals surface area contributed by atoms with Gasteiger partial charge in [-0.3, -0.25) is 4.79 Å². The Kier molecular flexibility index (Phi) is 5.71. The number of unbranched alkanes of at least 4 members (excludes halogenated alkanes) is 1. The van der Waals surface area contributed by atoms with E-state index in [-0.39, 0.29) is 18.0 Å². The van der Waals surface area contributed by atoms with Crippen LogP contribution < -0.4 is 0 Å². The third-order valence-corrected chi connectivity index (χ3v) is 1.79. The number of esters is 1. The molecule has 0 aromatic carbocycles. The Hall–Kier alpha value is -0.570. The van der Waals surface area contributed by atoms with Gasteiger partial charge in [0.05, 0.1) is 13.2 Å². The van der Waals surface area contributed by atoms with Gasteiger partial charge < -0.3 is 9.84 Å². The van der Waals surface area contributed by atoms with Crippen molar-refractivity contribution in [3.63, 3.8) is 0 Å². The smallest absolute Gasteiger partial charge is 0.305 e. The van der Waals surface area contributed by atoms with Gasteiger partial charge in [-0.25, -0.2) is 0 Å². The van der Waals surface area contributed by atoms with Crippen molar-refractivity contribution >= 4 is 5.97 Å². The van der Waals surface area contributed by atoms with Crippen LogP contribution >= 0.6 is 0 Å². The van der Waals surface area contributed by atoms with Crippen LogP contribution in [0.3, 0.4) is 0 Å². The number of carbonyl (C=O) groups is 1. The molecule has 0 rings (SSSR count). The Morgan fingerprint density at radius 3 is 2.54 bits per heavy atom. The van der Waals surface area contributed by atoms with Gasteiger partial charge >= 0.3 is 5.97 Å². The van der Waals surface area contributed by atoms with Crippen LogP contribution in [0.5, 0.6) is 0 Å². The molecule has 13 heavy (non-hydrogen) atoms. The highest BCUT2D eigenvalue weighted by Crippen LogP contribution is 2.14. The lowest BCUT2D eigenvalue weighted by molar-refractivity contribution is -0.147. The van der Waals surface area contributed by atoms with Gasteiger partial charge in [-0.05, 0) is 6.42 Å². The lowest BCUT2D eigenvalue weighted by Gasteiger charge is -2.20. The third-order valence-electron chi connectivity index (χ3n) is 1.79. The normalized spacial score (nSPS) is 11.4. The zero-order valence-electron chi connectivity index (χ0n) is 8.80. The second-order valence-electron chi connectivity index (χ2n) is 4.09. The van der Waals surface area contributed by atoms with Crippen molar-refractivity contribution in [2.75, 3.05) is 13.2 Å². The van der Waals surface area contributed by atoms with E-state index in [2.05, 4.69) is 0 Å². The standard InChI is InChI=1S/C10H20O3/c1-4-5-6-9(12)13-8-10(2,3)7-11/h11H,4-8H2,1-3H3. The molecule has 0 spiro atoms. The van der Waals surface area contributed by atoms with Gasteiger partial charge in [0.2, 0.25) is 0 Å². The Morgan fingerprint density at radius 2 is 2.08 bits per heavy atom. The second-order valence-corrected chi connectivity index (χ2v) is 4.09. The number of aliphatic hydroxyl groups is 1. The van der Waals surface area contributed by atoms with E-state index in [0.717, 1.165) is 12.8 Å². The first-order valence-electron chi connectivity index (χ1n) is 4.78. The van der Waals surface area contributed by atoms with Gasteiger partial charge in [0.1, 0.15) is 0 Å². The van der Waals surface area contributed by atoms with Crippen LogP contribution in [0.1, 0.15) is 40.0 Å². The highest BCUT2D eigenvalue weighted by molar-refractivity contribution is 5.69. The maximum absolute atomic E-state index is 11.1. The van der Waals surface area contributed by atoms with E-state index >= 15 is 0 Å². The molecule has 78 valence electrons. The molecule has 0 aliphatic heterocycles. The summed E-state index contributed by atoms with van der Waals surface area (Å²) in [6.45, 7) is 6.09. The van der Waals surface area contributed by atoms with Crippen LogP contribution in [-0.2, 0) is 9.53 Å². The molecule has 3 nitrogen and oxygen atoms in total. The van der Waals surface area contributed by atoms with E-state index < -0.39 is 0 Å². The Labute approximate surface area is 80.1 Å². The Balaban J connectivity index is 3.57. The summed E-state index contributed by atoms with van der Waals surface area (Å²) in [6.07, 6.45) is 2.36. The molecule has 0 unspecified atom stereocenters. The number of hydrogen-bond acceptors (Lipinski definition) is 3. The van der Waals surface area contributed by atoms with Gasteiger partial charge in [0.25, 0.3) is 0 Å². The molecule has 0 aromatic heterocycles. The second kappa shape index (κ2) is 5.97. The maximum Gasteiger partial charge on any atom is 0.305 e. The molecule has 0 atom stereocenters. The summed E-state index contributed by atoms with van der Waals surface area (Å²) >= 11 is 0. The van der Waals surface area contributed by atoms with E-state index in [1.165, 1.54) is 0 Å². The molecule has 0 heterocycles. The fourth-order valence-corrected chi connectivity index (χ4v) is 0.715.